The summed E-state index contributed by atoms with van der Waals surface area (Å²) in [5.41, 5.74) is 0.824. The lowest BCUT2D eigenvalue weighted by Crippen LogP contribution is -2.37. The molecule has 0 aliphatic carbocycles. The first-order valence-electron chi connectivity index (χ1n) is 7.20. The van der Waals surface area contributed by atoms with Crippen LogP contribution in [0, 0.1) is 11.6 Å². The average molecular weight is 284 g/mol. The zero-order valence-electron chi connectivity index (χ0n) is 11.7. The number of ether oxygens (including phenoxy) is 1. The van der Waals surface area contributed by atoms with Gasteiger partial charge in [0.25, 0.3) is 0 Å². The molecule has 0 unspecified atom stereocenters. The largest absolute Gasteiger partial charge is 0.379 e. The van der Waals surface area contributed by atoms with Crippen molar-refractivity contribution in [2.24, 2.45) is 0 Å². The molecule has 1 N–H and O–H groups in total. The zero-order valence-corrected chi connectivity index (χ0v) is 11.7. The van der Waals surface area contributed by atoms with E-state index in [1.54, 1.807) is 6.07 Å². The number of rotatable bonds is 7. The van der Waals surface area contributed by atoms with Crippen molar-refractivity contribution in [3.05, 3.63) is 35.4 Å². The van der Waals surface area contributed by atoms with Crippen LogP contribution in [0.15, 0.2) is 18.2 Å². The minimum absolute atomic E-state index is 0.717. The zero-order chi connectivity index (χ0) is 14.2. The topological polar surface area (TPSA) is 24.5 Å². The molecule has 1 aliphatic heterocycles. The molecule has 1 aromatic carbocycles. The van der Waals surface area contributed by atoms with Crippen molar-refractivity contribution >= 4 is 0 Å². The average Bonchev–Trinajstić information content (AvgIpc) is 2.47. The normalized spacial score (nSPS) is 16.5. The SMILES string of the molecule is Fc1ccc(CCNCCCN2CCOCC2)cc1F. The van der Waals surface area contributed by atoms with E-state index in [9.17, 15) is 8.78 Å². The highest BCUT2D eigenvalue weighted by Crippen LogP contribution is 2.08. The number of benzene rings is 1. The van der Waals surface area contributed by atoms with Gasteiger partial charge in [0, 0.05) is 13.1 Å². The van der Waals surface area contributed by atoms with Crippen LogP contribution in [-0.4, -0.2) is 50.8 Å². The van der Waals surface area contributed by atoms with Gasteiger partial charge in [-0.1, -0.05) is 6.07 Å². The van der Waals surface area contributed by atoms with Crippen molar-refractivity contribution in [2.45, 2.75) is 12.8 Å². The van der Waals surface area contributed by atoms with Gasteiger partial charge in [-0.25, -0.2) is 8.78 Å². The molecule has 112 valence electrons. The van der Waals surface area contributed by atoms with Gasteiger partial charge in [0.05, 0.1) is 13.2 Å². The van der Waals surface area contributed by atoms with Gasteiger partial charge < -0.3 is 10.1 Å². The third-order valence-electron chi connectivity index (χ3n) is 3.51. The summed E-state index contributed by atoms with van der Waals surface area (Å²) < 4.78 is 31.1. The molecule has 0 radical (unpaired) electrons. The molecule has 0 spiro atoms. The Labute approximate surface area is 118 Å². The van der Waals surface area contributed by atoms with E-state index in [1.807, 2.05) is 0 Å². The predicted molar refractivity (Wildman–Crippen MR) is 74.8 cm³/mol. The highest BCUT2D eigenvalue weighted by Gasteiger charge is 2.08. The number of nitrogens with one attached hydrogen (secondary N) is 1. The highest BCUT2D eigenvalue weighted by atomic mass is 19.2. The minimum atomic E-state index is -0.785. The molecule has 1 saturated heterocycles. The maximum absolute atomic E-state index is 13.0. The number of morpholine rings is 1. The number of hydrogen-bond donors (Lipinski definition) is 1. The van der Waals surface area contributed by atoms with Crippen molar-refractivity contribution in [3.8, 4) is 0 Å². The third kappa shape index (κ3) is 5.15. The van der Waals surface area contributed by atoms with Crippen molar-refractivity contribution < 1.29 is 13.5 Å². The molecule has 0 bridgehead atoms. The lowest BCUT2D eigenvalue weighted by molar-refractivity contribution is 0.0375. The van der Waals surface area contributed by atoms with Gasteiger partial charge in [0.15, 0.2) is 11.6 Å². The molecule has 1 heterocycles. The monoisotopic (exact) mass is 284 g/mol. The fourth-order valence-corrected chi connectivity index (χ4v) is 2.31. The standard InChI is InChI=1S/C15H22F2N2O/c16-14-3-2-13(12-15(14)17)4-6-18-5-1-7-19-8-10-20-11-9-19/h2-3,12,18H,1,4-11H2. The van der Waals surface area contributed by atoms with Gasteiger partial charge in [-0.2, -0.15) is 0 Å². The summed E-state index contributed by atoms with van der Waals surface area (Å²) in [4.78, 5) is 2.40. The Morgan fingerprint density at radius 2 is 1.90 bits per heavy atom. The second-order valence-corrected chi connectivity index (χ2v) is 5.06. The van der Waals surface area contributed by atoms with Crippen LogP contribution < -0.4 is 5.32 Å². The fourth-order valence-electron chi connectivity index (χ4n) is 2.31. The van der Waals surface area contributed by atoms with Gasteiger partial charge in [-0.15, -0.1) is 0 Å². The molecule has 0 aromatic heterocycles. The van der Waals surface area contributed by atoms with Crippen LogP contribution in [0.4, 0.5) is 8.78 Å². The van der Waals surface area contributed by atoms with E-state index in [4.69, 9.17) is 4.74 Å². The van der Waals surface area contributed by atoms with Crippen LogP contribution in [0.1, 0.15) is 12.0 Å². The smallest absolute Gasteiger partial charge is 0.159 e. The van der Waals surface area contributed by atoms with Crippen LogP contribution in [0.2, 0.25) is 0 Å². The van der Waals surface area contributed by atoms with Crippen LogP contribution in [0.5, 0.6) is 0 Å². The molecule has 1 aromatic rings. The number of halogens is 2. The van der Waals surface area contributed by atoms with Gasteiger partial charge in [0.1, 0.15) is 0 Å². The summed E-state index contributed by atoms with van der Waals surface area (Å²) in [5, 5.41) is 3.33. The molecule has 0 saturated carbocycles. The molecule has 20 heavy (non-hydrogen) atoms. The maximum Gasteiger partial charge on any atom is 0.159 e. The molecule has 1 fully saturated rings. The Hall–Kier alpha value is -1.04. The first-order chi connectivity index (χ1) is 9.75. The van der Waals surface area contributed by atoms with Crippen LogP contribution in [0.3, 0.4) is 0 Å². The van der Waals surface area contributed by atoms with E-state index in [0.717, 1.165) is 64.3 Å². The Morgan fingerprint density at radius 3 is 2.65 bits per heavy atom. The van der Waals surface area contributed by atoms with Gasteiger partial charge in [0.2, 0.25) is 0 Å². The van der Waals surface area contributed by atoms with Crippen LogP contribution in [0.25, 0.3) is 0 Å². The Morgan fingerprint density at radius 1 is 1.10 bits per heavy atom. The highest BCUT2D eigenvalue weighted by molar-refractivity contribution is 5.17. The quantitative estimate of drug-likeness (QED) is 0.773. The van der Waals surface area contributed by atoms with E-state index in [-0.39, 0.29) is 0 Å². The lowest BCUT2D eigenvalue weighted by atomic mass is 10.1. The summed E-state index contributed by atoms with van der Waals surface area (Å²) in [6.07, 6.45) is 1.81. The first-order valence-corrected chi connectivity index (χ1v) is 7.20. The summed E-state index contributed by atoms with van der Waals surface area (Å²) >= 11 is 0. The number of nitrogens with zero attached hydrogens (tertiary/aromatic N) is 1. The third-order valence-corrected chi connectivity index (χ3v) is 3.51. The maximum atomic E-state index is 13.0. The Bertz CT molecular complexity index is 409. The van der Waals surface area contributed by atoms with E-state index in [2.05, 4.69) is 10.2 Å². The predicted octanol–water partition coefficient (Wildman–Crippen LogP) is 1.82. The Balaban J connectivity index is 1.53. The van der Waals surface area contributed by atoms with Crippen molar-refractivity contribution in [1.82, 2.24) is 10.2 Å². The molecule has 0 atom stereocenters. The van der Waals surface area contributed by atoms with E-state index >= 15 is 0 Å². The number of hydrogen-bond acceptors (Lipinski definition) is 3. The first kappa shape index (κ1) is 15.4. The second kappa shape index (κ2) is 8.29. The second-order valence-electron chi connectivity index (χ2n) is 5.06. The van der Waals surface area contributed by atoms with Crippen molar-refractivity contribution in [2.75, 3.05) is 45.9 Å². The summed E-state index contributed by atoms with van der Waals surface area (Å²) in [6.45, 7) is 6.54. The lowest BCUT2D eigenvalue weighted by Gasteiger charge is -2.26. The van der Waals surface area contributed by atoms with Gasteiger partial charge in [-0.05, 0) is 50.2 Å². The molecule has 5 heteroatoms. The summed E-state index contributed by atoms with van der Waals surface area (Å²) in [6, 6.07) is 4.08. The van der Waals surface area contributed by atoms with Crippen LogP contribution in [-0.2, 0) is 11.2 Å². The Kier molecular flexibility index (Phi) is 6.36. The van der Waals surface area contributed by atoms with Crippen molar-refractivity contribution in [3.63, 3.8) is 0 Å². The van der Waals surface area contributed by atoms with Gasteiger partial charge >= 0.3 is 0 Å². The van der Waals surface area contributed by atoms with E-state index in [0.29, 0.717) is 0 Å². The van der Waals surface area contributed by atoms with E-state index in [1.165, 1.54) is 12.1 Å². The molecular weight excluding hydrogens is 262 g/mol. The van der Waals surface area contributed by atoms with Crippen LogP contribution >= 0.6 is 0 Å². The van der Waals surface area contributed by atoms with E-state index < -0.39 is 11.6 Å². The van der Waals surface area contributed by atoms with Crippen molar-refractivity contribution in [1.29, 1.82) is 0 Å². The summed E-state index contributed by atoms with van der Waals surface area (Å²) in [7, 11) is 0. The summed E-state index contributed by atoms with van der Waals surface area (Å²) in [5.74, 6) is -1.55. The molecular formula is C15H22F2N2O. The van der Waals surface area contributed by atoms with Gasteiger partial charge in [-0.3, -0.25) is 4.90 Å². The molecule has 0 amide bonds. The molecule has 2 rings (SSSR count). The molecule has 1 aliphatic rings. The molecule has 3 nitrogen and oxygen atoms in total. The fraction of sp³-hybridized carbons (Fsp3) is 0.600. The minimum Gasteiger partial charge on any atom is -0.379 e.